The molecule has 2 rings (SSSR count). The molecular formula is C14H19FO2. The zero-order valence-electron chi connectivity index (χ0n) is 9.94. The van der Waals surface area contributed by atoms with E-state index in [9.17, 15) is 9.50 Å². The Balaban J connectivity index is 1.81. The second-order valence-electron chi connectivity index (χ2n) is 4.77. The Bertz CT molecular complexity index is 341. The Morgan fingerprint density at radius 2 is 2.06 bits per heavy atom. The molecule has 17 heavy (non-hydrogen) atoms. The van der Waals surface area contributed by atoms with Crippen molar-refractivity contribution in [2.45, 2.75) is 44.1 Å². The zero-order chi connectivity index (χ0) is 12.1. The molecule has 1 aromatic carbocycles. The molecule has 0 saturated heterocycles. The van der Waals surface area contributed by atoms with Crippen molar-refractivity contribution in [3.05, 3.63) is 35.9 Å². The second-order valence-corrected chi connectivity index (χ2v) is 4.77. The van der Waals surface area contributed by atoms with Crippen molar-refractivity contribution in [3.63, 3.8) is 0 Å². The molecular weight excluding hydrogens is 219 g/mol. The second kappa shape index (κ2) is 5.61. The van der Waals surface area contributed by atoms with Gasteiger partial charge in [0.15, 0.2) is 5.67 Å². The van der Waals surface area contributed by atoms with Crippen molar-refractivity contribution in [3.8, 4) is 0 Å². The van der Waals surface area contributed by atoms with Gasteiger partial charge in [0.2, 0.25) is 0 Å². The molecule has 0 aliphatic heterocycles. The summed E-state index contributed by atoms with van der Waals surface area (Å²) in [5.74, 6) is 0. The largest absolute Gasteiger partial charge is 0.390 e. The predicted octanol–water partition coefficient (Wildman–Crippen LogP) is 2.85. The van der Waals surface area contributed by atoms with E-state index in [1.165, 1.54) is 0 Å². The molecule has 0 spiro atoms. The van der Waals surface area contributed by atoms with Crippen LogP contribution in [0.5, 0.6) is 0 Å². The minimum Gasteiger partial charge on any atom is -0.390 e. The van der Waals surface area contributed by atoms with Gasteiger partial charge in [0, 0.05) is 0 Å². The van der Waals surface area contributed by atoms with Crippen molar-refractivity contribution in [1.82, 2.24) is 0 Å². The number of hydrogen-bond donors (Lipinski definition) is 1. The summed E-state index contributed by atoms with van der Waals surface area (Å²) in [6.45, 7) is 0.391. The molecule has 2 unspecified atom stereocenters. The molecule has 0 heterocycles. The molecule has 1 N–H and O–H groups in total. The van der Waals surface area contributed by atoms with Gasteiger partial charge in [0.25, 0.3) is 0 Å². The van der Waals surface area contributed by atoms with Crippen LogP contribution >= 0.6 is 0 Å². The molecule has 1 aliphatic rings. The summed E-state index contributed by atoms with van der Waals surface area (Å²) >= 11 is 0. The first-order valence-corrected chi connectivity index (χ1v) is 6.19. The maximum atomic E-state index is 14.3. The zero-order valence-corrected chi connectivity index (χ0v) is 9.94. The van der Waals surface area contributed by atoms with Gasteiger partial charge in [-0.3, -0.25) is 0 Å². The third kappa shape index (κ3) is 3.27. The van der Waals surface area contributed by atoms with Gasteiger partial charge in [0.05, 0.1) is 19.3 Å². The lowest BCUT2D eigenvalue weighted by molar-refractivity contribution is -0.0925. The Morgan fingerprint density at radius 3 is 2.76 bits per heavy atom. The van der Waals surface area contributed by atoms with Crippen LogP contribution in [-0.2, 0) is 11.3 Å². The van der Waals surface area contributed by atoms with Crippen LogP contribution in [0.25, 0.3) is 0 Å². The maximum Gasteiger partial charge on any atom is 0.159 e. The van der Waals surface area contributed by atoms with E-state index in [-0.39, 0.29) is 6.61 Å². The summed E-state index contributed by atoms with van der Waals surface area (Å²) in [4.78, 5) is 0. The topological polar surface area (TPSA) is 29.5 Å². The van der Waals surface area contributed by atoms with E-state index in [2.05, 4.69) is 0 Å². The number of alkyl halides is 1. The maximum absolute atomic E-state index is 14.3. The van der Waals surface area contributed by atoms with Gasteiger partial charge in [-0.1, -0.05) is 36.8 Å². The lowest BCUT2D eigenvalue weighted by Crippen LogP contribution is -2.44. The highest BCUT2D eigenvalue weighted by Gasteiger charge is 2.40. The number of hydrogen-bond acceptors (Lipinski definition) is 2. The number of halogens is 1. The van der Waals surface area contributed by atoms with Gasteiger partial charge >= 0.3 is 0 Å². The molecule has 0 radical (unpaired) electrons. The first-order valence-electron chi connectivity index (χ1n) is 6.19. The Morgan fingerprint density at radius 1 is 1.29 bits per heavy atom. The average Bonchev–Trinajstić information content (AvgIpc) is 2.35. The minimum atomic E-state index is -1.55. The van der Waals surface area contributed by atoms with Crippen LogP contribution < -0.4 is 0 Å². The molecule has 3 heteroatoms. The van der Waals surface area contributed by atoms with E-state index < -0.39 is 11.8 Å². The summed E-state index contributed by atoms with van der Waals surface area (Å²) < 4.78 is 19.7. The predicted molar refractivity (Wildman–Crippen MR) is 64.4 cm³/mol. The Labute approximate surface area is 101 Å². The van der Waals surface area contributed by atoms with E-state index >= 15 is 0 Å². The van der Waals surface area contributed by atoms with E-state index in [4.69, 9.17) is 4.74 Å². The normalized spacial score (nSPS) is 29.2. The highest BCUT2D eigenvalue weighted by molar-refractivity contribution is 5.13. The lowest BCUT2D eigenvalue weighted by atomic mass is 9.84. The molecule has 2 nitrogen and oxygen atoms in total. The standard InChI is InChI=1S/C14H19FO2/c15-14(9-5-4-8-13(14)16)11-17-10-12-6-2-1-3-7-12/h1-3,6-7,13,16H,4-5,8-11H2. The van der Waals surface area contributed by atoms with Crippen molar-refractivity contribution in [2.24, 2.45) is 0 Å². The van der Waals surface area contributed by atoms with Crippen LogP contribution in [0.15, 0.2) is 30.3 Å². The summed E-state index contributed by atoms with van der Waals surface area (Å²) in [5.41, 5.74) is -0.520. The van der Waals surface area contributed by atoms with Crippen LogP contribution in [0.3, 0.4) is 0 Å². The van der Waals surface area contributed by atoms with Gasteiger partial charge < -0.3 is 9.84 Å². The third-order valence-electron chi connectivity index (χ3n) is 3.37. The van der Waals surface area contributed by atoms with Crippen LogP contribution in [0.2, 0.25) is 0 Å². The van der Waals surface area contributed by atoms with Crippen LogP contribution in [0, 0.1) is 0 Å². The van der Waals surface area contributed by atoms with Gasteiger partial charge in [-0.05, 0) is 24.8 Å². The fourth-order valence-electron chi connectivity index (χ4n) is 2.26. The molecule has 2 atom stereocenters. The molecule has 1 aromatic rings. The lowest BCUT2D eigenvalue weighted by Gasteiger charge is -2.34. The van der Waals surface area contributed by atoms with E-state index in [1.807, 2.05) is 30.3 Å². The number of rotatable bonds is 4. The Hall–Kier alpha value is -0.930. The van der Waals surface area contributed by atoms with Gasteiger partial charge in [0.1, 0.15) is 0 Å². The van der Waals surface area contributed by atoms with E-state index in [0.717, 1.165) is 18.4 Å². The van der Waals surface area contributed by atoms with Crippen molar-refractivity contribution in [1.29, 1.82) is 0 Å². The molecule has 1 saturated carbocycles. The number of aliphatic hydroxyl groups excluding tert-OH is 1. The third-order valence-corrected chi connectivity index (χ3v) is 3.37. The number of aliphatic hydroxyl groups is 1. The quantitative estimate of drug-likeness (QED) is 0.874. The first-order chi connectivity index (χ1) is 8.21. The highest BCUT2D eigenvalue weighted by atomic mass is 19.1. The fourth-order valence-corrected chi connectivity index (χ4v) is 2.26. The highest BCUT2D eigenvalue weighted by Crippen LogP contribution is 2.32. The fraction of sp³-hybridized carbons (Fsp3) is 0.571. The van der Waals surface area contributed by atoms with Gasteiger partial charge in [-0.2, -0.15) is 0 Å². The van der Waals surface area contributed by atoms with E-state index in [0.29, 0.717) is 19.4 Å². The molecule has 0 bridgehead atoms. The smallest absolute Gasteiger partial charge is 0.159 e. The molecule has 1 fully saturated rings. The minimum absolute atomic E-state index is 0.0109. The summed E-state index contributed by atoms with van der Waals surface area (Å²) in [6, 6.07) is 9.69. The van der Waals surface area contributed by atoms with Gasteiger partial charge in [-0.25, -0.2) is 4.39 Å². The monoisotopic (exact) mass is 238 g/mol. The molecule has 0 amide bonds. The number of ether oxygens (including phenoxy) is 1. The number of benzene rings is 1. The average molecular weight is 238 g/mol. The molecule has 1 aliphatic carbocycles. The van der Waals surface area contributed by atoms with Crippen molar-refractivity contribution >= 4 is 0 Å². The van der Waals surface area contributed by atoms with Crippen LogP contribution in [-0.4, -0.2) is 23.5 Å². The van der Waals surface area contributed by atoms with Crippen LogP contribution in [0.4, 0.5) is 4.39 Å². The van der Waals surface area contributed by atoms with Gasteiger partial charge in [-0.15, -0.1) is 0 Å². The SMILES string of the molecule is OC1CCCCC1(F)COCc1ccccc1. The van der Waals surface area contributed by atoms with E-state index in [1.54, 1.807) is 0 Å². The molecule has 0 aromatic heterocycles. The molecule has 94 valence electrons. The summed E-state index contributed by atoms with van der Waals surface area (Å²) in [6.07, 6.45) is 1.83. The first kappa shape index (κ1) is 12.5. The summed E-state index contributed by atoms with van der Waals surface area (Å²) in [7, 11) is 0. The van der Waals surface area contributed by atoms with Crippen LogP contribution in [0.1, 0.15) is 31.2 Å². The summed E-state index contributed by atoms with van der Waals surface area (Å²) in [5, 5.41) is 9.67. The van der Waals surface area contributed by atoms with Crippen molar-refractivity contribution < 1.29 is 14.2 Å². The Kier molecular flexibility index (Phi) is 4.13. The van der Waals surface area contributed by atoms with Crippen molar-refractivity contribution in [2.75, 3.05) is 6.61 Å².